The van der Waals surface area contributed by atoms with Crippen LogP contribution in [0.1, 0.15) is 13.8 Å². The first-order valence-corrected chi connectivity index (χ1v) is 4.78. The average Bonchev–Trinajstić information content (AvgIpc) is 2.17. The molecule has 0 atom stereocenters. The zero-order valence-corrected chi connectivity index (χ0v) is 8.99. The Labute approximate surface area is 85.1 Å². The van der Waals surface area contributed by atoms with E-state index in [1.54, 1.807) is 0 Å². The van der Waals surface area contributed by atoms with Crippen molar-refractivity contribution in [3.63, 3.8) is 0 Å². The van der Waals surface area contributed by atoms with E-state index in [-0.39, 0.29) is 0 Å². The zero-order chi connectivity index (χ0) is 10.6. The second-order valence-corrected chi connectivity index (χ2v) is 3.80. The van der Waals surface area contributed by atoms with E-state index in [0.717, 1.165) is 12.4 Å². The Morgan fingerprint density at radius 2 is 2.21 bits per heavy atom. The standard InChI is InChI=1S/C10H18N4/c1-8(2)7-14(3)10-6-4-5-9(12-10)13-11/h4-6,8H,7,11H2,1-3H3,(H,12,13). The number of nitrogens with zero attached hydrogens (tertiary/aromatic N) is 2. The van der Waals surface area contributed by atoms with Crippen molar-refractivity contribution in [1.82, 2.24) is 4.98 Å². The predicted octanol–water partition coefficient (Wildman–Crippen LogP) is 1.46. The van der Waals surface area contributed by atoms with Crippen LogP contribution in [0.3, 0.4) is 0 Å². The first-order valence-electron chi connectivity index (χ1n) is 4.78. The van der Waals surface area contributed by atoms with E-state index in [2.05, 4.69) is 29.2 Å². The monoisotopic (exact) mass is 194 g/mol. The minimum absolute atomic E-state index is 0.622. The van der Waals surface area contributed by atoms with Crippen LogP contribution >= 0.6 is 0 Å². The average molecular weight is 194 g/mol. The first kappa shape index (κ1) is 10.8. The molecular weight excluding hydrogens is 176 g/mol. The topological polar surface area (TPSA) is 54.2 Å². The van der Waals surface area contributed by atoms with Gasteiger partial charge in [0.1, 0.15) is 11.6 Å². The van der Waals surface area contributed by atoms with Crippen molar-refractivity contribution in [2.24, 2.45) is 11.8 Å². The van der Waals surface area contributed by atoms with Crippen LogP contribution in [0, 0.1) is 5.92 Å². The summed E-state index contributed by atoms with van der Waals surface area (Å²) in [6.45, 7) is 5.35. The van der Waals surface area contributed by atoms with Gasteiger partial charge in [0, 0.05) is 13.6 Å². The molecular formula is C10H18N4. The lowest BCUT2D eigenvalue weighted by Gasteiger charge is -2.20. The summed E-state index contributed by atoms with van der Waals surface area (Å²) in [5, 5.41) is 0. The smallest absolute Gasteiger partial charge is 0.142 e. The van der Waals surface area contributed by atoms with Crippen molar-refractivity contribution in [2.75, 3.05) is 23.9 Å². The summed E-state index contributed by atoms with van der Waals surface area (Å²) in [4.78, 5) is 6.45. The fourth-order valence-corrected chi connectivity index (χ4v) is 1.36. The highest BCUT2D eigenvalue weighted by Gasteiger charge is 2.04. The molecule has 1 heterocycles. The maximum absolute atomic E-state index is 5.29. The number of nitrogens with one attached hydrogen (secondary N) is 1. The molecule has 4 nitrogen and oxygen atoms in total. The highest BCUT2D eigenvalue weighted by molar-refractivity contribution is 5.45. The Kier molecular flexibility index (Phi) is 3.71. The van der Waals surface area contributed by atoms with Crippen LogP contribution < -0.4 is 16.2 Å². The Hall–Kier alpha value is -1.29. The summed E-state index contributed by atoms with van der Waals surface area (Å²) in [6.07, 6.45) is 0. The molecule has 0 aromatic carbocycles. The molecule has 1 rings (SSSR count). The van der Waals surface area contributed by atoms with Gasteiger partial charge in [-0.2, -0.15) is 0 Å². The maximum atomic E-state index is 5.29. The molecule has 0 radical (unpaired) electrons. The summed E-state index contributed by atoms with van der Waals surface area (Å²) in [6, 6.07) is 5.75. The number of hydrogen-bond donors (Lipinski definition) is 2. The summed E-state index contributed by atoms with van der Waals surface area (Å²) >= 11 is 0. The van der Waals surface area contributed by atoms with Crippen LogP contribution in [0.25, 0.3) is 0 Å². The number of rotatable bonds is 4. The number of hydrogen-bond acceptors (Lipinski definition) is 4. The third kappa shape index (κ3) is 2.88. The predicted molar refractivity (Wildman–Crippen MR) is 60.2 cm³/mol. The van der Waals surface area contributed by atoms with E-state index < -0.39 is 0 Å². The Balaban J connectivity index is 2.73. The number of pyridine rings is 1. The fourth-order valence-electron chi connectivity index (χ4n) is 1.36. The highest BCUT2D eigenvalue weighted by Crippen LogP contribution is 2.13. The van der Waals surface area contributed by atoms with Crippen LogP contribution in [0.2, 0.25) is 0 Å². The van der Waals surface area contributed by atoms with Crippen LogP contribution in [0.4, 0.5) is 11.6 Å². The molecule has 0 saturated heterocycles. The minimum atomic E-state index is 0.622. The third-order valence-corrected chi connectivity index (χ3v) is 1.91. The molecule has 0 bridgehead atoms. The van der Waals surface area contributed by atoms with Crippen LogP contribution in [-0.4, -0.2) is 18.6 Å². The van der Waals surface area contributed by atoms with Crippen LogP contribution in [0.5, 0.6) is 0 Å². The van der Waals surface area contributed by atoms with E-state index in [0.29, 0.717) is 11.7 Å². The van der Waals surface area contributed by atoms with Gasteiger partial charge in [0.15, 0.2) is 0 Å². The second kappa shape index (κ2) is 4.81. The lowest BCUT2D eigenvalue weighted by molar-refractivity contribution is 0.635. The molecule has 3 N–H and O–H groups in total. The quantitative estimate of drug-likeness (QED) is 0.563. The van der Waals surface area contributed by atoms with Crippen molar-refractivity contribution in [3.8, 4) is 0 Å². The molecule has 0 spiro atoms. The van der Waals surface area contributed by atoms with Gasteiger partial charge in [-0.1, -0.05) is 19.9 Å². The van der Waals surface area contributed by atoms with Gasteiger partial charge in [0.25, 0.3) is 0 Å². The zero-order valence-electron chi connectivity index (χ0n) is 8.99. The SMILES string of the molecule is CC(C)CN(C)c1cccc(NN)n1. The van der Waals surface area contributed by atoms with E-state index in [1.165, 1.54) is 0 Å². The summed E-state index contributed by atoms with van der Waals surface area (Å²) in [5.41, 5.74) is 2.54. The van der Waals surface area contributed by atoms with Crippen molar-refractivity contribution in [1.29, 1.82) is 0 Å². The second-order valence-electron chi connectivity index (χ2n) is 3.80. The summed E-state index contributed by atoms with van der Waals surface area (Å²) in [5.74, 6) is 7.54. The minimum Gasteiger partial charge on any atom is -0.359 e. The first-order chi connectivity index (χ1) is 6.63. The van der Waals surface area contributed by atoms with E-state index in [4.69, 9.17) is 5.84 Å². The molecule has 0 aliphatic carbocycles. The van der Waals surface area contributed by atoms with Crippen LogP contribution in [0.15, 0.2) is 18.2 Å². The largest absolute Gasteiger partial charge is 0.359 e. The van der Waals surface area contributed by atoms with Crippen molar-refractivity contribution in [3.05, 3.63) is 18.2 Å². The van der Waals surface area contributed by atoms with Gasteiger partial charge < -0.3 is 10.3 Å². The number of aromatic nitrogens is 1. The van der Waals surface area contributed by atoms with Gasteiger partial charge >= 0.3 is 0 Å². The molecule has 1 aromatic heterocycles. The Morgan fingerprint density at radius 3 is 2.79 bits per heavy atom. The maximum Gasteiger partial charge on any atom is 0.142 e. The van der Waals surface area contributed by atoms with Gasteiger partial charge in [-0.3, -0.25) is 0 Å². The lowest BCUT2D eigenvalue weighted by atomic mass is 10.2. The lowest BCUT2D eigenvalue weighted by Crippen LogP contribution is -2.23. The molecule has 78 valence electrons. The molecule has 0 saturated carbocycles. The molecule has 1 aromatic rings. The highest BCUT2D eigenvalue weighted by atomic mass is 15.3. The van der Waals surface area contributed by atoms with E-state index in [9.17, 15) is 0 Å². The molecule has 0 aliphatic heterocycles. The molecule has 0 fully saturated rings. The van der Waals surface area contributed by atoms with Gasteiger partial charge in [0.2, 0.25) is 0 Å². The normalized spacial score (nSPS) is 10.4. The van der Waals surface area contributed by atoms with Crippen LogP contribution in [-0.2, 0) is 0 Å². The molecule has 14 heavy (non-hydrogen) atoms. The molecule has 4 heteroatoms. The Bertz CT molecular complexity index is 285. The summed E-state index contributed by atoms with van der Waals surface area (Å²) in [7, 11) is 2.03. The van der Waals surface area contributed by atoms with Crippen molar-refractivity contribution in [2.45, 2.75) is 13.8 Å². The molecule has 0 unspecified atom stereocenters. The van der Waals surface area contributed by atoms with E-state index >= 15 is 0 Å². The van der Waals surface area contributed by atoms with E-state index in [1.807, 2.05) is 25.2 Å². The van der Waals surface area contributed by atoms with Gasteiger partial charge in [-0.25, -0.2) is 10.8 Å². The van der Waals surface area contributed by atoms with Crippen molar-refractivity contribution < 1.29 is 0 Å². The molecule has 0 amide bonds. The van der Waals surface area contributed by atoms with Gasteiger partial charge in [-0.15, -0.1) is 0 Å². The number of nitrogens with two attached hydrogens (primary N) is 1. The van der Waals surface area contributed by atoms with Gasteiger partial charge in [0.05, 0.1) is 0 Å². The summed E-state index contributed by atoms with van der Waals surface area (Å²) < 4.78 is 0. The molecule has 0 aliphatic rings. The number of nitrogen functional groups attached to an aromatic ring is 1. The third-order valence-electron chi connectivity index (χ3n) is 1.91. The Morgan fingerprint density at radius 1 is 1.50 bits per heavy atom. The van der Waals surface area contributed by atoms with Crippen molar-refractivity contribution >= 4 is 11.6 Å². The fraction of sp³-hybridized carbons (Fsp3) is 0.500. The number of hydrazine groups is 1. The van der Waals surface area contributed by atoms with Gasteiger partial charge in [-0.05, 0) is 18.1 Å². The number of anilines is 2.